The summed E-state index contributed by atoms with van der Waals surface area (Å²) in [6.07, 6.45) is 2.69. The van der Waals surface area contributed by atoms with Gasteiger partial charge in [0.1, 0.15) is 18.1 Å². The zero-order chi connectivity index (χ0) is 11.4. The lowest BCUT2D eigenvalue weighted by atomic mass is 10.2. The molecule has 6 nitrogen and oxygen atoms in total. The molecule has 0 spiro atoms. The van der Waals surface area contributed by atoms with Gasteiger partial charge in [-0.05, 0) is 12.8 Å². The molecule has 0 aromatic carbocycles. The van der Waals surface area contributed by atoms with Crippen molar-refractivity contribution in [3.05, 3.63) is 18.0 Å². The second-order valence-electron chi connectivity index (χ2n) is 3.77. The van der Waals surface area contributed by atoms with E-state index >= 15 is 0 Å². The Balaban J connectivity index is 1.76. The Morgan fingerprint density at radius 1 is 1.62 bits per heavy atom. The van der Waals surface area contributed by atoms with Crippen molar-refractivity contribution in [2.24, 2.45) is 5.73 Å². The third-order valence-electron chi connectivity index (χ3n) is 2.60. The molecule has 1 aromatic heterocycles. The lowest BCUT2D eigenvalue weighted by Crippen LogP contribution is -2.35. The number of hydrogen-bond acceptors (Lipinski definition) is 5. The van der Waals surface area contributed by atoms with Crippen molar-refractivity contribution >= 4 is 5.91 Å². The summed E-state index contributed by atoms with van der Waals surface area (Å²) in [6.45, 7) is 0.829. The van der Waals surface area contributed by atoms with Gasteiger partial charge in [0.2, 0.25) is 5.91 Å². The lowest BCUT2D eigenvalue weighted by molar-refractivity contribution is -0.132. The van der Waals surface area contributed by atoms with Gasteiger partial charge in [0.25, 0.3) is 0 Å². The molecule has 1 aliphatic rings. The van der Waals surface area contributed by atoms with E-state index in [1.807, 2.05) is 0 Å². The maximum absolute atomic E-state index is 11.7. The fourth-order valence-electron chi connectivity index (χ4n) is 1.69. The van der Waals surface area contributed by atoms with E-state index in [0.717, 1.165) is 12.8 Å². The highest BCUT2D eigenvalue weighted by Crippen LogP contribution is 2.18. The number of hydrogen-bond donors (Lipinski definition) is 2. The van der Waals surface area contributed by atoms with Crippen molar-refractivity contribution in [3.8, 4) is 0 Å². The minimum Gasteiger partial charge on any atom is -0.364 e. The van der Waals surface area contributed by atoms with Gasteiger partial charge in [0.15, 0.2) is 0 Å². The molecule has 0 bridgehead atoms. The normalized spacial score (nSPS) is 24.6. The van der Waals surface area contributed by atoms with Crippen molar-refractivity contribution in [1.82, 2.24) is 10.5 Å². The van der Waals surface area contributed by atoms with Crippen LogP contribution >= 0.6 is 0 Å². The molecule has 2 unspecified atom stereocenters. The number of nitrogens with zero attached hydrogens (tertiary/aromatic N) is 1. The summed E-state index contributed by atoms with van der Waals surface area (Å²) in [5, 5.41) is 6.44. The summed E-state index contributed by atoms with van der Waals surface area (Å²) in [6, 6.07) is 1.71. The molecular formula is C10H15N3O3. The third-order valence-corrected chi connectivity index (χ3v) is 2.60. The first-order chi connectivity index (χ1) is 7.79. The molecule has 2 heterocycles. The predicted octanol–water partition coefficient (Wildman–Crippen LogP) is -0.203. The monoisotopic (exact) mass is 225 g/mol. The van der Waals surface area contributed by atoms with E-state index in [2.05, 4.69) is 15.0 Å². The molecule has 6 heteroatoms. The topological polar surface area (TPSA) is 90.4 Å². The summed E-state index contributed by atoms with van der Waals surface area (Å²) < 4.78 is 10.1. The molecule has 1 amide bonds. The smallest absolute Gasteiger partial charge is 0.249 e. The molecule has 1 aliphatic heterocycles. The second-order valence-corrected chi connectivity index (χ2v) is 3.77. The Labute approximate surface area is 93.1 Å². The van der Waals surface area contributed by atoms with E-state index in [-0.39, 0.29) is 18.1 Å². The Kier molecular flexibility index (Phi) is 3.53. The second kappa shape index (κ2) is 5.09. The van der Waals surface area contributed by atoms with Gasteiger partial charge in [-0.15, -0.1) is 0 Å². The van der Waals surface area contributed by atoms with Crippen LogP contribution < -0.4 is 11.1 Å². The summed E-state index contributed by atoms with van der Waals surface area (Å²) in [4.78, 5) is 11.7. The maximum Gasteiger partial charge on any atom is 0.249 e. The number of nitrogens with one attached hydrogen (secondary N) is 1. The van der Waals surface area contributed by atoms with Gasteiger partial charge >= 0.3 is 0 Å². The van der Waals surface area contributed by atoms with Crippen LogP contribution in [-0.2, 0) is 16.1 Å². The van der Waals surface area contributed by atoms with Crippen LogP contribution in [0.25, 0.3) is 0 Å². The van der Waals surface area contributed by atoms with Crippen LogP contribution in [0.3, 0.4) is 0 Å². The highest BCUT2D eigenvalue weighted by molar-refractivity contribution is 5.80. The van der Waals surface area contributed by atoms with Crippen molar-refractivity contribution in [1.29, 1.82) is 0 Å². The number of rotatable bonds is 4. The van der Waals surface area contributed by atoms with E-state index in [0.29, 0.717) is 18.8 Å². The predicted molar refractivity (Wildman–Crippen MR) is 55.3 cm³/mol. The van der Waals surface area contributed by atoms with Gasteiger partial charge in [-0.2, -0.15) is 0 Å². The molecule has 16 heavy (non-hydrogen) atoms. The summed E-state index contributed by atoms with van der Waals surface area (Å²) in [7, 11) is 0. The summed E-state index contributed by atoms with van der Waals surface area (Å²) in [5.41, 5.74) is 6.16. The Bertz CT molecular complexity index is 339. The molecule has 3 N–H and O–H groups in total. The van der Waals surface area contributed by atoms with Gasteiger partial charge in [0, 0.05) is 12.6 Å². The minimum atomic E-state index is -0.375. The van der Waals surface area contributed by atoms with E-state index in [4.69, 9.17) is 10.5 Å². The lowest BCUT2D eigenvalue weighted by Gasteiger charge is -2.11. The first-order valence-corrected chi connectivity index (χ1v) is 5.32. The van der Waals surface area contributed by atoms with Crippen LogP contribution in [0, 0.1) is 0 Å². The Morgan fingerprint density at radius 2 is 2.50 bits per heavy atom. The Hall–Kier alpha value is -1.40. The van der Waals surface area contributed by atoms with E-state index in [1.54, 1.807) is 6.07 Å². The third kappa shape index (κ3) is 2.59. The standard InChI is InChI=1S/C10H15N3O3/c11-5-8-1-2-9(16-8)10(14)12-6-7-3-4-15-13-7/h3-4,8-9H,1-2,5-6,11H2,(H,12,14). The highest BCUT2D eigenvalue weighted by atomic mass is 16.5. The van der Waals surface area contributed by atoms with E-state index < -0.39 is 0 Å². The van der Waals surface area contributed by atoms with Gasteiger partial charge in [-0.3, -0.25) is 4.79 Å². The summed E-state index contributed by atoms with van der Waals surface area (Å²) in [5.74, 6) is -0.112. The van der Waals surface area contributed by atoms with Crippen LogP contribution in [-0.4, -0.2) is 29.8 Å². The van der Waals surface area contributed by atoms with Crippen LogP contribution in [0.4, 0.5) is 0 Å². The molecular weight excluding hydrogens is 210 g/mol. The van der Waals surface area contributed by atoms with Crippen LogP contribution in [0.5, 0.6) is 0 Å². The highest BCUT2D eigenvalue weighted by Gasteiger charge is 2.29. The van der Waals surface area contributed by atoms with E-state index in [1.165, 1.54) is 6.26 Å². The fraction of sp³-hybridized carbons (Fsp3) is 0.600. The number of carbonyl (C=O) groups is 1. The fourth-order valence-corrected chi connectivity index (χ4v) is 1.69. The van der Waals surface area contributed by atoms with Gasteiger partial charge in [-0.25, -0.2) is 0 Å². The first kappa shape index (κ1) is 11.1. The zero-order valence-electron chi connectivity index (χ0n) is 8.89. The quantitative estimate of drug-likeness (QED) is 0.740. The molecule has 0 saturated carbocycles. The van der Waals surface area contributed by atoms with Crippen molar-refractivity contribution in [2.45, 2.75) is 31.6 Å². The van der Waals surface area contributed by atoms with Crippen molar-refractivity contribution < 1.29 is 14.1 Å². The molecule has 2 atom stereocenters. The number of aromatic nitrogens is 1. The minimum absolute atomic E-state index is 0.0165. The molecule has 0 aliphatic carbocycles. The zero-order valence-corrected chi connectivity index (χ0v) is 8.89. The van der Waals surface area contributed by atoms with Crippen molar-refractivity contribution in [3.63, 3.8) is 0 Å². The molecule has 0 radical (unpaired) electrons. The first-order valence-electron chi connectivity index (χ1n) is 5.32. The molecule has 1 fully saturated rings. The molecule has 1 aromatic rings. The maximum atomic E-state index is 11.7. The van der Waals surface area contributed by atoms with Crippen LogP contribution in [0.1, 0.15) is 18.5 Å². The van der Waals surface area contributed by atoms with Crippen LogP contribution in [0.15, 0.2) is 16.9 Å². The van der Waals surface area contributed by atoms with Gasteiger partial charge < -0.3 is 20.3 Å². The van der Waals surface area contributed by atoms with Crippen molar-refractivity contribution in [2.75, 3.05) is 6.54 Å². The molecule has 1 saturated heterocycles. The Morgan fingerprint density at radius 3 is 3.12 bits per heavy atom. The number of ether oxygens (including phenoxy) is 1. The van der Waals surface area contributed by atoms with Crippen LogP contribution in [0.2, 0.25) is 0 Å². The molecule has 2 rings (SSSR count). The largest absolute Gasteiger partial charge is 0.364 e. The SMILES string of the molecule is NCC1CCC(C(=O)NCc2ccon2)O1. The van der Waals surface area contributed by atoms with E-state index in [9.17, 15) is 4.79 Å². The number of nitrogens with two attached hydrogens (primary N) is 1. The average Bonchev–Trinajstić information content (AvgIpc) is 2.96. The number of amides is 1. The molecule has 88 valence electrons. The number of carbonyl (C=O) groups excluding carboxylic acids is 1. The average molecular weight is 225 g/mol. The van der Waals surface area contributed by atoms with Gasteiger partial charge in [-0.1, -0.05) is 5.16 Å². The van der Waals surface area contributed by atoms with Gasteiger partial charge in [0.05, 0.1) is 12.6 Å². The summed E-state index contributed by atoms with van der Waals surface area (Å²) >= 11 is 0.